The van der Waals surface area contributed by atoms with Crippen molar-refractivity contribution >= 4 is 12.1 Å². The molecule has 0 spiro atoms. The lowest BCUT2D eigenvalue weighted by molar-refractivity contribution is -0.118. The highest BCUT2D eigenvalue weighted by molar-refractivity contribution is 5.82. The van der Waals surface area contributed by atoms with Gasteiger partial charge in [0.15, 0.2) is 0 Å². The summed E-state index contributed by atoms with van der Waals surface area (Å²) in [5, 5.41) is 3.84. The van der Waals surface area contributed by atoms with Crippen molar-refractivity contribution < 1.29 is 14.3 Å². The molecule has 0 bridgehead atoms. The van der Waals surface area contributed by atoms with E-state index >= 15 is 0 Å². The van der Waals surface area contributed by atoms with E-state index in [9.17, 15) is 4.79 Å². The maximum absolute atomic E-state index is 10.8. The number of carbonyl (C=O) groups excluding carboxylic acids is 1. The summed E-state index contributed by atoms with van der Waals surface area (Å²) < 4.78 is 11.5. The second-order valence-corrected chi connectivity index (χ2v) is 5.87. The number of hydrazone groups is 1. The molecule has 5 nitrogen and oxygen atoms in total. The third-order valence-corrected chi connectivity index (χ3v) is 3.32. The van der Waals surface area contributed by atoms with Crippen LogP contribution in [0.15, 0.2) is 47.6 Å². The Hall–Kier alpha value is -2.82. The summed E-state index contributed by atoms with van der Waals surface area (Å²) in [5.74, 6) is 1.46. The van der Waals surface area contributed by atoms with Crippen LogP contribution in [0.25, 0.3) is 0 Å². The summed E-state index contributed by atoms with van der Waals surface area (Å²) in [4.78, 5) is 10.8. The molecule has 2 rings (SSSR count). The van der Waals surface area contributed by atoms with Gasteiger partial charge in [0.25, 0.3) is 0 Å². The number of nitrogens with one attached hydrogen (secondary N) is 1. The van der Waals surface area contributed by atoms with Gasteiger partial charge in [0.05, 0.1) is 19.4 Å². The highest BCUT2D eigenvalue weighted by Crippen LogP contribution is 2.16. The highest BCUT2D eigenvalue weighted by atomic mass is 16.5. The topological polar surface area (TPSA) is 59.9 Å². The minimum atomic E-state index is -0.201. The van der Waals surface area contributed by atoms with Gasteiger partial charge in [-0.15, -0.1) is 0 Å². The number of hydrogen-bond acceptors (Lipinski definition) is 4. The van der Waals surface area contributed by atoms with Gasteiger partial charge in [-0.3, -0.25) is 4.79 Å². The molecule has 0 aromatic heterocycles. The Morgan fingerprint density at radius 1 is 1.04 bits per heavy atom. The average Bonchev–Trinajstić information content (AvgIpc) is 2.54. The second kappa shape index (κ2) is 9.47. The quantitative estimate of drug-likeness (QED) is 0.453. The van der Waals surface area contributed by atoms with E-state index in [0.29, 0.717) is 13.2 Å². The lowest BCUT2D eigenvalue weighted by atomic mass is 10.1. The Balaban J connectivity index is 1.74. The fraction of sp³-hybridized carbons (Fsp3) is 0.300. The predicted molar refractivity (Wildman–Crippen MR) is 99.4 cm³/mol. The maximum atomic E-state index is 10.8. The lowest BCUT2D eigenvalue weighted by Gasteiger charge is -2.09. The first kappa shape index (κ1) is 18.5. The monoisotopic (exact) mass is 340 g/mol. The zero-order chi connectivity index (χ0) is 18.1. The summed E-state index contributed by atoms with van der Waals surface area (Å²) in [7, 11) is 0. The van der Waals surface area contributed by atoms with E-state index in [-0.39, 0.29) is 5.91 Å². The van der Waals surface area contributed by atoms with Gasteiger partial charge < -0.3 is 9.47 Å². The van der Waals surface area contributed by atoms with Crippen molar-refractivity contribution in [2.24, 2.45) is 5.10 Å². The molecule has 0 atom stereocenters. The first-order valence-electron chi connectivity index (χ1n) is 8.26. The number of aryl methyl sites for hydroxylation is 2. The van der Waals surface area contributed by atoms with Crippen LogP contribution in [0.1, 0.15) is 30.0 Å². The van der Waals surface area contributed by atoms with Gasteiger partial charge in [-0.05, 0) is 54.8 Å². The van der Waals surface area contributed by atoms with Crippen LogP contribution >= 0.6 is 0 Å². The summed E-state index contributed by atoms with van der Waals surface area (Å²) in [5.41, 5.74) is 5.63. The molecule has 2 aromatic rings. The summed E-state index contributed by atoms with van der Waals surface area (Å²) in [6, 6.07) is 13.7. The molecule has 1 N–H and O–H groups in total. The Morgan fingerprint density at radius 2 is 1.72 bits per heavy atom. The number of ether oxygens (including phenoxy) is 2. The largest absolute Gasteiger partial charge is 0.493 e. The lowest BCUT2D eigenvalue weighted by Crippen LogP contribution is -2.12. The van der Waals surface area contributed by atoms with E-state index in [1.54, 1.807) is 6.21 Å². The van der Waals surface area contributed by atoms with Crippen LogP contribution in [0, 0.1) is 13.8 Å². The van der Waals surface area contributed by atoms with Crippen LogP contribution in [0.3, 0.4) is 0 Å². The number of benzene rings is 2. The summed E-state index contributed by atoms with van der Waals surface area (Å²) in [6.45, 7) is 6.71. The molecule has 0 aliphatic carbocycles. The Morgan fingerprint density at radius 3 is 2.40 bits per heavy atom. The van der Waals surface area contributed by atoms with Gasteiger partial charge in [0, 0.05) is 13.3 Å². The molecule has 0 saturated heterocycles. The molecule has 0 unspecified atom stereocenters. The van der Waals surface area contributed by atoms with Crippen molar-refractivity contribution in [3.8, 4) is 11.5 Å². The molecule has 132 valence electrons. The van der Waals surface area contributed by atoms with Crippen LogP contribution in [0.5, 0.6) is 11.5 Å². The smallest absolute Gasteiger partial charge is 0.236 e. The molecule has 0 heterocycles. The van der Waals surface area contributed by atoms with Crippen molar-refractivity contribution in [1.82, 2.24) is 5.43 Å². The summed E-state index contributed by atoms with van der Waals surface area (Å²) in [6.07, 6.45) is 2.37. The van der Waals surface area contributed by atoms with E-state index in [2.05, 4.69) is 30.4 Å². The standard InChI is InChI=1S/C20H24N2O3/c1-15-10-16(2)12-20(11-15)25-9-5-8-24-19-7-4-6-18(13-19)14-21-22-17(3)23/h4,6-7,10-14H,5,8-9H2,1-3H3,(H,22,23)/b21-14+. The average molecular weight is 340 g/mol. The van der Waals surface area contributed by atoms with Crippen LogP contribution in [0.4, 0.5) is 0 Å². The number of rotatable bonds is 8. The van der Waals surface area contributed by atoms with Gasteiger partial charge in [-0.1, -0.05) is 18.2 Å². The third-order valence-electron chi connectivity index (χ3n) is 3.32. The van der Waals surface area contributed by atoms with Crippen molar-refractivity contribution in [3.05, 3.63) is 59.2 Å². The number of carbonyl (C=O) groups is 1. The van der Waals surface area contributed by atoms with Crippen molar-refractivity contribution in [1.29, 1.82) is 0 Å². The molecule has 0 aliphatic heterocycles. The van der Waals surface area contributed by atoms with Gasteiger partial charge in [0.1, 0.15) is 11.5 Å². The maximum Gasteiger partial charge on any atom is 0.236 e. The van der Waals surface area contributed by atoms with Crippen molar-refractivity contribution in [3.63, 3.8) is 0 Å². The SMILES string of the molecule is CC(=O)N/N=C/c1cccc(OCCCOc2cc(C)cc(C)c2)c1. The third kappa shape index (κ3) is 7.08. The normalized spacial score (nSPS) is 10.7. The zero-order valence-corrected chi connectivity index (χ0v) is 14.9. The fourth-order valence-electron chi connectivity index (χ4n) is 2.34. The molecule has 0 aliphatic rings. The van der Waals surface area contributed by atoms with Crippen LogP contribution in [-0.2, 0) is 4.79 Å². The van der Waals surface area contributed by atoms with Crippen molar-refractivity contribution in [2.45, 2.75) is 27.2 Å². The Labute approximate surface area is 148 Å². The van der Waals surface area contributed by atoms with Crippen molar-refractivity contribution in [2.75, 3.05) is 13.2 Å². The fourth-order valence-corrected chi connectivity index (χ4v) is 2.34. The minimum absolute atomic E-state index is 0.201. The molecule has 5 heteroatoms. The van der Waals surface area contributed by atoms with Gasteiger partial charge in [0.2, 0.25) is 5.91 Å². The van der Waals surface area contributed by atoms with E-state index in [1.165, 1.54) is 18.1 Å². The molecule has 0 saturated carbocycles. The van der Waals surface area contributed by atoms with E-state index in [0.717, 1.165) is 23.5 Å². The number of hydrogen-bond donors (Lipinski definition) is 1. The highest BCUT2D eigenvalue weighted by Gasteiger charge is 1.99. The number of nitrogens with zero attached hydrogens (tertiary/aromatic N) is 1. The van der Waals surface area contributed by atoms with E-state index in [1.807, 2.05) is 36.4 Å². The number of amides is 1. The molecular weight excluding hydrogens is 316 g/mol. The molecule has 0 fully saturated rings. The first-order chi connectivity index (χ1) is 12.0. The van der Waals surface area contributed by atoms with E-state index in [4.69, 9.17) is 9.47 Å². The molecule has 2 aromatic carbocycles. The summed E-state index contributed by atoms with van der Waals surface area (Å²) >= 11 is 0. The first-order valence-corrected chi connectivity index (χ1v) is 8.26. The van der Waals surface area contributed by atoms with Crippen LogP contribution in [0.2, 0.25) is 0 Å². The molecule has 1 amide bonds. The Bertz CT molecular complexity index is 721. The molecular formula is C20H24N2O3. The minimum Gasteiger partial charge on any atom is -0.493 e. The van der Waals surface area contributed by atoms with Crippen LogP contribution < -0.4 is 14.9 Å². The molecule has 25 heavy (non-hydrogen) atoms. The van der Waals surface area contributed by atoms with Gasteiger partial charge in [-0.2, -0.15) is 5.10 Å². The Kier molecular flexibility index (Phi) is 7.01. The zero-order valence-electron chi connectivity index (χ0n) is 14.9. The van der Waals surface area contributed by atoms with Gasteiger partial charge >= 0.3 is 0 Å². The van der Waals surface area contributed by atoms with Crippen LogP contribution in [-0.4, -0.2) is 25.3 Å². The van der Waals surface area contributed by atoms with Gasteiger partial charge in [-0.25, -0.2) is 5.43 Å². The molecule has 0 radical (unpaired) electrons. The predicted octanol–water partition coefficient (Wildman–Crippen LogP) is 3.62. The second-order valence-electron chi connectivity index (χ2n) is 5.87. The van der Waals surface area contributed by atoms with E-state index < -0.39 is 0 Å².